The van der Waals surface area contributed by atoms with Crippen LogP contribution in [0.3, 0.4) is 0 Å². The van der Waals surface area contributed by atoms with Crippen LogP contribution >= 0.6 is 11.5 Å². The van der Waals surface area contributed by atoms with E-state index in [0.29, 0.717) is 24.1 Å². The Bertz CT molecular complexity index is 771. The molecule has 0 radical (unpaired) electrons. The van der Waals surface area contributed by atoms with E-state index in [0.717, 1.165) is 30.2 Å². The van der Waals surface area contributed by atoms with Gasteiger partial charge in [-0.15, -0.1) is 0 Å². The van der Waals surface area contributed by atoms with E-state index in [4.69, 9.17) is 0 Å². The Morgan fingerprint density at radius 3 is 2.73 bits per heavy atom. The number of amides is 1. The third-order valence-electron chi connectivity index (χ3n) is 5.19. The standard InChI is InChI=1S/C20H28N4OS/c1-13(2)17(24-10-9-15-7-5-6-8-16(15)12-24)11-22-19(25)18-14(3)23-26-20(18)21-4/h5-8,13,17,21H,9-12H2,1-4H3,(H,22,25)/t17-/m0/s1. The maximum absolute atomic E-state index is 12.7. The van der Waals surface area contributed by atoms with Gasteiger partial charge in [0.25, 0.3) is 5.91 Å². The molecule has 0 bridgehead atoms. The van der Waals surface area contributed by atoms with Gasteiger partial charge in [0.2, 0.25) is 0 Å². The summed E-state index contributed by atoms with van der Waals surface area (Å²) in [4.78, 5) is 15.2. The molecule has 3 rings (SSSR count). The van der Waals surface area contributed by atoms with Gasteiger partial charge >= 0.3 is 0 Å². The van der Waals surface area contributed by atoms with Crippen molar-refractivity contribution in [3.8, 4) is 0 Å². The van der Waals surface area contributed by atoms with Crippen molar-refractivity contribution < 1.29 is 4.79 Å². The van der Waals surface area contributed by atoms with E-state index in [1.54, 1.807) is 0 Å². The predicted octanol–water partition coefficient (Wildman–Crippen LogP) is 3.31. The van der Waals surface area contributed by atoms with Crippen molar-refractivity contribution in [2.24, 2.45) is 5.92 Å². The summed E-state index contributed by atoms with van der Waals surface area (Å²) in [6, 6.07) is 8.99. The lowest BCUT2D eigenvalue weighted by molar-refractivity contribution is 0.0904. The number of carbonyl (C=O) groups is 1. The normalized spacial score (nSPS) is 15.6. The molecular weight excluding hydrogens is 344 g/mol. The second kappa shape index (κ2) is 8.18. The van der Waals surface area contributed by atoms with Gasteiger partial charge in [-0.2, -0.15) is 4.37 Å². The number of nitrogens with zero attached hydrogens (tertiary/aromatic N) is 2. The minimum Gasteiger partial charge on any atom is -0.378 e. The van der Waals surface area contributed by atoms with Crippen LogP contribution in [0.2, 0.25) is 0 Å². The van der Waals surface area contributed by atoms with Gasteiger partial charge in [0.15, 0.2) is 0 Å². The zero-order valence-electron chi connectivity index (χ0n) is 16.0. The molecule has 2 aromatic rings. The molecule has 2 N–H and O–H groups in total. The molecule has 0 spiro atoms. The summed E-state index contributed by atoms with van der Waals surface area (Å²) < 4.78 is 4.29. The predicted molar refractivity (Wildman–Crippen MR) is 108 cm³/mol. The van der Waals surface area contributed by atoms with Crippen LogP contribution in [0.25, 0.3) is 0 Å². The van der Waals surface area contributed by atoms with Gasteiger partial charge in [-0.05, 0) is 41.9 Å². The molecule has 140 valence electrons. The maximum atomic E-state index is 12.7. The maximum Gasteiger partial charge on any atom is 0.256 e. The van der Waals surface area contributed by atoms with Crippen molar-refractivity contribution in [3.05, 3.63) is 46.6 Å². The molecule has 0 unspecified atom stereocenters. The number of rotatable bonds is 6. The van der Waals surface area contributed by atoms with Crippen LogP contribution in [0.1, 0.15) is 41.0 Å². The highest BCUT2D eigenvalue weighted by molar-refractivity contribution is 7.10. The topological polar surface area (TPSA) is 57.3 Å². The van der Waals surface area contributed by atoms with Crippen LogP contribution in [-0.4, -0.2) is 41.4 Å². The fourth-order valence-electron chi connectivity index (χ4n) is 3.68. The van der Waals surface area contributed by atoms with Crippen LogP contribution in [0.15, 0.2) is 24.3 Å². The van der Waals surface area contributed by atoms with Crippen molar-refractivity contribution >= 4 is 22.4 Å². The summed E-state index contributed by atoms with van der Waals surface area (Å²) in [5, 5.41) is 7.04. The number of aromatic nitrogens is 1. The summed E-state index contributed by atoms with van der Waals surface area (Å²) in [5.74, 6) is 0.426. The number of benzene rings is 1. The molecule has 1 aromatic carbocycles. The first-order valence-corrected chi connectivity index (χ1v) is 10.0. The Balaban J connectivity index is 1.68. The van der Waals surface area contributed by atoms with Crippen LogP contribution in [-0.2, 0) is 13.0 Å². The minimum atomic E-state index is -0.0383. The first-order valence-electron chi connectivity index (χ1n) is 9.24. The first kappa shape index (κ1) is 18.9. The summed E-state index contributed by atoms with van der Waals surface area (Å²) in [5.41, 5.74) is 4.31. The van der Waals surface area contributed by atoms with E-state index in [1.165, 1.54) is 22.7 Å². The zero-order valence-corrected chi connectivity index (χ0v) is 16.8. The number of hydrogen-bond acceptors (Lipinski definition) is 5. The average molecular weight is 373 g/mol. The number of hydrogen-bond donors (Lipinski definition) is 2. The van der Waals surface area contributed by atoms with E-state index in [1.807, 2.05) is 14.0 Å². The molecule has 1 aliphatic rings. The fraction of sp³-hybridized carbons (Fsp3) is 0.500. The third kappa shape index (κ3) is 3.91. The molecule has 26 heavy (non-hydrogen) atoms. The Kier molecular flexibility index (Phi) is 5.94. The van der Waals surface area contributed by atoms with Crippen molar-refractivity contribution in [1.82, 2.24) is 14.6 Å². The molecule has 1 aromatic heterocycles. The molecule has 2 heterocycles. The lowest BCUT2D eigenvalue weighted by Crippen LogP contribution is -2.48. The SMILES string of the molecule is CNc1snc(C)c1C(=O)NC[C@@H](C(C)C)N1CCc2ccccc2C1. The number of carbonyl (C=O) groups excluding carboxylic acids is 1. The second-order valence-electron chi connectivity index (χ2n) is 7.23. The molecule has 0 saturated heterocycles. The van der Waals surface area contributed by atoms with Crippen molar-refractivity contribution in [3.63, 3.8) is 0 Å². The highest BCUT2D eigenvalue weighted by atomic mass is 32.1. The van der Waals surface area contributed by atoms with Crippen LogP contribution in [0.4, 0.5) is 5.00 Å². The van der Waals surface area contributed by atoms with Crippen LogP contribution in [0, 0.1) is 12.8 Å². The molecule has 1 amide bonds. The van der Waals surface area contributed by atoms with E-state index in [2.05, 4.69) is 58.0 Å². The molecule has 5 nitrogen and oxygen atoms in total. The van der Waals surface area contributed by atoms with Gasteiger partial charge in [-0.3, -0.25) is 9.69 Å². The van der Waals surface area contributed by atoms with Crippen molar-refractivity contribution in [1.29, 1.82) is 0 Å². The number of anilines is 1. The van der Waals surface area contributed by atoms with Gasteiger partial charge in [-0.1, -0.05) is 38.1 Å². The lowest BCUT2D eigenvalue weighted by Gasteiger charge is -2.38. The van der Waals surface area contributed by atoms with Crippen LogP contribution in [0.5, 0.6) is 0 Å². The molecule has 1 aliphatic heterocycles. The molecule has 0 saturated carbocycles. The Morgan fingerprint density at radius 1 is 1.31 bits per heavy atom. The molecule has 6 heteroatoms. The molecule has 0 aliphatic carbocycles. The number of fused-ring (bicyclic) bond motifs is 1. The lowest BCUT2D eigenvalue weighted by atomic mass is 9.95. The largest absolute Gasteiger partial charge is 0.378 e. The zero-order chi connectivity index (χ0) is 18.7. The minimum absolute atomic E-state index is 0.0383. The number of aryl methyl sites for hydroxylation is 1. The Hall–Kier alpha value is -1.92. The first-order chi connectivity index (χ1) is 12.5. The Morgan fingerprint density at radius 2 is 2.04 bits per heavy atom. The van der Waals surface area contributed by atoms with Crippen molar-refractivity contribution in [2.75, 3.05) is 25.5 Å². The third-order valence-corrected chi connectivity index (χ3v) is 6.14. The number of nitrogens with one attached hydrogen (secondary N) is 2. The summed E-state index contributed by atoms with van der Waals surface area (Å²) in [6.07, 6.45) is 1.07. The van der Waals surface area contributed by atoms with Crippen LogP contribution < -0.4 is 10.6 Å². The second-order valence-corrected chi connectivity index (χ2v) is 8.01. The Labute approximate surface area is 160 Å². The van der Waals surface area contributed by atoms with Gasteiger partial charge in [0, 0.05) is 32.7 Å². The van der Waals surface area contributed by atoms with Gasteiger partial charge < -0.3 is 10.6 Å². The highest BCUT2D eigenvalue weighted by Crippen LogP contribution is 2.25. The van der Waals surface area contributed by atoms with E-state index < -0.39 is 0 Å². The van der Waals surface area contributed by atoms with Gasteiger partial charge in [0.1, 0.15) is 5.00 Å². The van der Waals surface area contributed by atoms with Gasteiger partial charge in [-0.25, -0.2) is 0 Å². The van der Waals surface area contributed by atoms with E-state index in [9.17, 15) is 4.79 Å². The molecular formula is C20H28N4OS. The summed E-state index contributed by atoms with van der Waals surface area (Å²) in [6.45, 7) is 8.98. The monoisotopic (exact) mass is 372 g/mol. The van der Waals surface area contributed by atoms with E-state index in [-0.39, 0.29) is 5.91 Å². The average Bonchev–Trinajstić information content (AvgIpc) is 3.02. The van der Waals surface area contributed by atoms with E-state index >= 15 is 0 Å². The quantitative estimate of drug-likeness (QED) is 0.817. The fourth-order valence-corrected chi connectivity index (χ4v) is 4.42. The smallest absolute Gasteiger partial charge is 0.256 e. The highest BCUT2D eigenvalue weighted by Gasteiger charge is 2.27. The van der Waals surface area contributed by atoms with Gasteiger partial charge in [0.05, 0.1) is 11.3 Å². The molecule has 0 fully saturated rings. The molecule has 1 atom stereocenters. The summed E-state index contributed by atoms with van der Waals surface area (Å²) in [7, 11) is 1.83. The summed E-state index contributed by atoms with van der Waals surface area (Å²) >= 11 is 1.33. The van der Waals surface area contributed by atoms with Crippen molar-refractivity contribution in [2.45, 2.75) is 39.8 Å².